The molecule has 6 aliphatic rings. The van der Waals surface area contributed by atoms with E-state index in [0.29, 0.717) is 112 Å². The fraction of sp³-hybridized carbons (Fsp3) is 0.571. The number of thioether (sulfide) groups is 2. The molecule has 1 amide bonds. The van der Waals surface area contributed by atoms with E-state index in [-0.39, 0.29) is 77.5 Å². The first-order chi connectivity index (χ1) is 31.9. The highest BCUT2D eigenvalue weighted by Crippen LogP contribution is 2.60. The van der Waals surface area contributed by atoms with Crippen LogP contribution in [0.2, 0.25) is 0 Å². The molecule has 8 rings (SSSR count). The monoisotopic (exact) mass is 946 g/mol. The molecule has 0 bridgehead atoms. The summed E-state index contributed by atoms with van der Waals surface area (Å²) in [7, 11) is 0. The molecule has 4 saturated carbocycles. The second-order valence-electron chi connectivity index (χ2n) is 18.3. The fourth-order valence-corrected chi connectivity index (χ4v) is 12.6. The van der Waals surface area contributed by atoms with Crippen LogP contribution in [0.25, 0.3) is 0 Å². The van der Waals surface area contributed by atoms with Crippen molar-refractivity contribution in [1.29, 1.82) is 0 Å². The Morgan fingerprint density at radius 2 is 1.06 bits per heavy atom. The first kappa shape index (κ1) is 47.5. The van der Waals surface area contributed by atoms with Gasteiger partial charge in [-0.15, -0.1) is 0 Å². The van der Waals surface area contributed by atoms with Crippen molar-refractivity contribution >= 4 is 70.7 Å². The van der Waals surface area contributed by atoms with E-state index < -0.39 is 23.8 Å². The smallest absolute Gasteiger partial charge is 0.359 e. The first-order valence-electron chi connectivity index (χ1n) is 23.5. The quantitative estimate of drug-likeness (QED) is 0.0973. The van der Waals surface area contributed by atoms with E-state index in [1.165, 1.54) is 28.5 Å². The van der Waals surface area contributed by atoms with Crippen molar-refractivity contribution < 1.29 is 62.7 Å². The molecule has 0 spiro atoms. The molecular formula is C49H58N2O13S2. The van der Waals surface area contributed by atoms with Crippen LogP contribution in [-0.4, -0.2) is 83.7 Å². The van der Waals surface area contributed by atoms with E-state index in [2.05, 4.69) is 5.10 Å². The van der Waals surface area contributed by atoms with Gasteiger partial charge in [-0.25, -0.2) is 4.79 Å². The number of hydrazone groups is 1. The predicted octanol–water partition coefficient (Wildman–Crippen LogP) is 8.81. The number of hydrogen-bond donors (Lipinski definition) is 2. The molecule has 2 N–H and O–H groups in total. The molecule has 0 aromatic heterocycles. The number of hydrogen-bond acceptors (Lipinski definition) is 14. The average Bonchev–Trinajstić information content (AvgIpc) is 3.93. The number of rotatable bonds is 15. The van der Waals surface area contributed by atoms with E-state index in [0.717, 1.165) is 35.5 Å². The number of aliphatic carboxylic acids is 2. The molecule has 4 aliphatic carbocycles. The number of amides is 1. The van der Waals surface area contributed by atoms with Crippen molar-refractivity contribution in [3.63, 3.8) is 0 Å². The van der Waals surface area contributed by atoms with Gasteiger partial charge in [-0.1, -0.05) is 41.7 Å². The molecule has 4 fully saturated rings. The van der Waals surface area contributed by atoms with Gasteiger partial charge in [-0.2, -0.15) is 10.1 Å². The highest BCUT2D eigenvalue weighted by atomic mass is 32.2. The third kappa shape index (κ3) is 11.2. The molecule has 0 radical (unpaired) electrons. The van der Waals surface area contributed by atoms with Crippen molar-refractivity contribution in [3.05, 3.63) is 52.3 Å². The summed E-state index contributed by atoms with van der Waals surface area (Å²) in [4.78, 5) is 77.7. The van der Waals surface area contributed by atoms with Crippen LogP contribution in [0.15, 0.2) is 67.2 Å². The normalized spacial score (nSPS) is 27.6. The lowest BCUT2D eigenvalue weighted by Crippen LogP contribution is -2.32. The molecule has 2 aliphatic heterocycles. The fourth-order valence-electron chi connectivity index (χ4n) is 9.85. The topological polar surface area (TPSA) is 205 Å². The number of carbonyl (C=O) groups excluding carboxylic acids is 4. The lowest BCUT2D eigenvalue weighted by Gasteiger charge is -2.31. The number of carboxylic acid groups (broad SMARTS) is 2. The van der Waals surface area contributed by atoms with Crippen molar-refractivity contribution in [2.45, 2.75) is 132 Å². The predicted molar refractivity (Wildman–Crippen MR) is 244 cm³/mol. The standard InChI is InChI=1S/C49H58N2O13S2/c1-2-60-48(59)40-39(43(52)51(50-40)34-6-4-3-5-7-34)49-65-41-37(61-26-28-8-20-35(21-9-28)63-46(57)32-16-12-30(13-17-32)44(53)54)24-25-38(42(41)66-49)62-27-29-10-22-36(23-11-29)64-47(58)33-18-14-31(15-19-33)45(55)56/h3-7,24-25,28-33,35-36H,2,8-23,26-27H2,1H3,(H,53,54)(H,55,56). The molecule has 0 saturated heterocycles. The maximum Gasteiger partial charge on any atom is 0.359 e. The second-order valence-corrected chi connectivity index (χ2v) is 20.6. The molecule has 2 aromatic rings. The zero-order valence-corrected chi connectivity index (χ0v) is 38.8. The first-order valence-corrected chi connectivity index (χ1v) is 25.1. The lowest BCUT2D eigenvalue weighted by atomic mass is 9.82. The van der Waals surface area contributed by atoms with Crippen LogP contribution in [0.1, 0.15) is 110 Å². The molecule has 2 heterocycles. The van der Waals surface area contributed by atoms with Gasteiger partial charge in [-0.05, 0) is 146 Å². The Balaban J connectivity index is 0.923. The Labute approximate surface area is 392 Å². The average molecular weight is 947 g/mol. The highest BCUT2D eigenvalue weighted by Gasteiger charge is 2.42. The summed E-state index contributed by atoms with van der Waals surface area (Å²) in [6.45, 7) is 2.66. The van der Waals surface area contributed by atoms with Gasteiger partial charge >= 0.3 is 29.8 Å². The van der Waals surface area contributed by atoms with E-state index in [1.54, 1.807) is 31.2 Å². The number of esters is 3. The van der Waals surface area contributed by atoms with E-state index in [4.69, 9.17) is 23.7 Å². The third-order valence-electron chi connectivity index (χ3n) is 13.9. The van der Waals surface area contributed by atoms with E-state index in [1.807, 2.05) is 18.2 Å². The number of para-hydroxylation sites is 1. The number of carboxylic acids is 2. The van der Waals surface area contributed by atoms with Crippen molar-refractivity contribution in [3.8, 4) is 11.5 Å². The van der Waals surface area contributed by atoms with Crippen molar-refractivity contribution in [2.75, 3.05) is 24.8 Å². The molecule has 15 nitrogen and oxygen atoms in total. The van der Waals surface area contributed by atoms with E-state index >= 15 is 0 Å². The van der Waals surface area contributed by atoms with Gasteiger partial charge in [0.1, 0.15) is 23.7 Å². The molecule has 66 heavy (non-hydrogen) atoms. The Morgan fingerprint density at radius 3 is 1.48 bits per heavy atom. The number of carbonyl (C=O) groups is 6. The summed E-state index contributed by atoms with van der Waals surface area (Å²) in [6, 6.07) is 12.7. The summed E-state index contributed by atoms with van der Waals surface area (Å²) in [5, 5.41) is 24.3. The largest absolute Gasteiger partial charge is 0.492 e. The summed E-state index contributed by atoms with van der Waals surface area (Å²) < 4.78 is 30.9. The Morgan fingerprint density at radius 1 is 0.621 bits per heavy atom. The van der Waals surface area contributed by atoms with E-state index in [9.17, 15) is 39.0 Å². The molecule has 17 heteroatoms. The molecule has 0 atom stereocenters. The van der Waals surface area contributed by atoms with Crippen LogP contribution in [-0.2, 0) is 43.0 Å². The number of benzene rings is 2. The zero-order chi connectivity index (χ0) is 46.3. The Kier molecular flexibility index (Phi) is 15.6. The van der Waals surface area contributed by atoms with Gasteiger partial charge < -0.3 is 33.9 Å². The van der Waals surface area contributed by atoms with Gasteiger partial charge in [0.2, 0.25) is 0 Å². The van der Waals surface area contributed by atoms with Crippen LogP contribution in [0, 0.1) is 35.5 Å². The molecule has 354 valence electrons. The van der Waals surface area contributed by atoms with Crippen LogP contribution in [0.5, 0.6) is 11.5 Å². The molecule has 2 aromatic carbocycles. The van der Waals surface area contributed by atoms with Gasteiger partial charge in [-0.3, -0.25) is 24.0 Å². The number of anilines is 1. The minimum Gasteiger partial charge on any atom is -0.492 e. The van der Waals surface area contributed by atoms with Crippen LogP contribution >= 0.6 is 23.5 Å². The molecule has 0 unspecified atom stereocenters. The van der Waals surface area contributed by atoms with Gasteiger partial charge in [0.25, 0.3) is 5.91 Å². The second kappa shape index (κ2) is 21.7. The van der Waals surface area contributed by atoms with Crippen molar-refractivity contribution in [2.24, 2.45) is 40.6 Å². The van der Waals surface area contributed by atoms with Crippen LogP contribution in [0.3, 0.4) is 0 Å². The maximum absolute atomic E-state index is 14.2. The van der Waals surface area contributed by atoms with Gasteiger partial charge in [0, 0.05) is 0 Å². The summed E-state index contributed by atoms with van der Waals surface area (Å²) >= 11 is 2.68. The Bertz CT molecular complexity index is 2100. The highest BCUT2D eigenvalue weighted by molar-refractivity contribution is 8.25. The minimum atomic E-state index is -0.799. The zero-order valence-electron chi connectivity index (χ0n) is 37.2. The van der Waals surface area contributed by atoms with Crippen molar-refractivity contribution in [1.82, 2.24) is 0 Å². The summed E-state index contributed by atoms with van der Waals surface area (Å²) in [6.07, 6.45) is 9.89. The Hall–Kier alpha value is -5.03. The SMILES string of the molecule is CCOC(=O)C1=NN(c2ccccc2)C(=O)C1=C1Sc2c(OCC3CCC(OC(=O)C4CCC(C(=O)O)CC4)CC3)ccc(OCC3CCC(OC(=O)C4CCC(C(=O)O)CC4)CC3)c2S1. The minimum absolute atomic E-state index is 0.0748. The number of ether oxygens (including phenoxy) is 5. The summed E-state index contributed by atoms with van der Waals surface area (Å²) in [5.41, 5.74) is 0.582. The number of fused-ring (bicyclic) bond motifs is 1. The summed E-state index contributed by atoms with van der Waals surface area (Å²) in [5.74, 6) is -2.78. The van der Waals surface area contributed by atoms with Gasteiger partial charge in [0.05, 0.1) is 68.8 Å². The van der Waals surface area contributed by atoms with Crippen LogP contribution < -0.4 is 14.5 Å². The third-order valence-corrected chi connectivity index (χ3v) is 16.5. The molecular weight excluding hydrogens is 889 g/mol. The maximum atomic E-state index is 14.2. The lowest BCUT2D eigenvalue weighted by molar-refractivity contribution is -0.159. The number of nitrogens with zero attached hydrogens (tertiary/aromatic N) is 2. The van der Waals surface area contributed by atoms with Gasteiger partial charge in [0.15, 0.2) is 5.71 Å². The van der Waals surface area contributed by atoms with Crippen LogP contribution in [0.4, 0.5) is 5.69 Å².